The minimum absolute atomic E-state index is 0.147. The Labute approximate surface area is 225 Å². The van der Waals surface area contributed by atoms with Gasteiger partial charge in [-0.25, -0.2) is 5.48 Å². The number of hydroxylamine groups is 1. The second-order valence-corrected chi connectivity index (χ2v) is 9.43. The van der Waals surface area contributed by atoms with Gasteiger partial charge in [-0.3, -0.25) is 9.63 Å². The van der Waals surface area contributed by atoms with Gasteiger partial charge in [-0.15, -0.1) is 0 Å². The van der Waals surface area contributed by atoms with Gasteiger partial charge in [0.1, 0.15) is 29.1 Å². The zero-order chi connectivity index (χ0) is 27.8. The Bertz CT molecular complexity index is 1330. The fourth-order valence-electron chi connectivity index (χ4n) is 6.03. The minimum atomic E-state index is -2.16. The van der Waals surface area contributed by atoms with E-state index in [0.29, 0.717) is 22.6 Å². The van der Waals surface area contributed by atoms with Crippen LogP contribution in [0.2, 0.25) is 0 Å². The summed E-state index contributed by atoms with van der Waals surface area (Å²) in [6, 6.07) is 19.2. The van der Waals surface area contributed by atoms with Crippen molar-refractivity contribution in [2.45, 2.75) is 23.2 Å². The van der Waals surface area contributed by atoms with Crippen LogP contribution < -0.4 is 24.4 Å². The van der Waals surface area contributed by atoms with E-state index in [1.165, 1.54) is 14.2 Å². The summed E-state index contributed by atoms with van der Waals surface area (Å²) in [6.07, 6.45) is -1.67. The van der Waals surface area contributed by atoms with Crippen LogP contribution in [0.1, 0.15) is 22.6 Å². The molecule has 206 valence electrons. The van der Waals surface area contributed by atoms with Gasteiger partial charge in [0.15, 0.2) is 11.2 Å². The van der Waals surface area contributed by atoms with Crippen molar-refractivity contribution in [2.24, 2.45) is 5.92 Å². The molecule has 3 aromatic carbocycles. The van der Waals surface area contributed by atoms with E-state index in [4.69, 9.17) is 28.9 Å². The number of fused-ring (bicyclic) bond motifs is 3. The zero-order valence-corrected chi connectivity index (χ0v) is 21.8. The van der Waals surface area contributed by atoms with Gasteiger partial charge in [0.2, 0.25) is 5.91 Å². The fourth-order valence-corrected chi connectivity index (χ4v) is 6.03. The third-order valence-electron chi connectivity index (χ3n) is 7.63. The molecule has 3 aromatic rings. The Hall–Kier alpha value is -3.83. The number of amides is 1. The average molecular weight is 538 g/mol. The predicted molar refractivity (Wildman–Crippen MR) is 139 cm³/mol. The first-order valence-electron chi connectivity index (χ1n) is 12.4. The highest BCUT2D eigenvalue weighted by Crippen LogP contribution is 2.70. The molecule has 1 fully saturated rings. The van der Waals surface area contributed by atoms with E-state index in [9.17, 15) is 15.0 Å². The third kappa shape index (κ3) is 3.90. The van der Waals surface area contributed by atoms with Gasteiger partial charge in [0, 0.05) is 18.1 Å². The highest BCUT2D eigenvalue weighted by atomic mass is 16.7. The van der Waals surface area contributed by atoms with Crippen molar-refractivity contribution in [3.05, 3.63) is 83.4 Å². The monoisotopic (exact) mass is 537 g/mol. The number of methoxy groups -OCH3 is 3. The molecule has 2 aliphatic rings. The molecular formula is C29H31NO9. The Morgan fingerprint density at radius 1 is 0.974 bits per heavy atom. The second-order valence-electron chi connectivity index (χ2n) is 9.43. The Morgan fingerprint density at radius 3 is 2.28 bits per heavy atom. The summed E-state index contributed by atoms with van der Waals surface area (Å²) in [5.41, 5.74) is -0.188. The summed E-state index contributed by atoms with van der Waals surface area (Å²) in [5.74, 6) is -1.35. The van der Waals surface area contributed by atoms with E-state index < -0.39 is 35.0 Å². The number of nitrogens with one attached hydrogen (secondary N) is 1. The normalized spacial score (nSPS) is 26.8. The largest absolute Gasteiger partial charge is 0.497 e. The SMILES string of the molecule is COc1ccc([C@@]23Oc4cc(OC)cc(OC)c4[C@]2(O)[C@H](O)[C@H](C(=O)NOCCO)[C@H]3c2ccccc2)cc1. The van der Waals surface area contributed by atoms with Crippen LogP contribution in [0.5, 0.6) is 23.0 Å². The number of hydrogen-bond donors (Lipinski definition) is 4. The molecule has 1 heterocycles. The summed E-state index contributed by atoms with van der Waals surface area (Å²) in [7, 11) is 4.48. The van der Waals surface area contributed by atoms with E-state index >= 15 is 0 Å². The van der Waals surface area contributed by atoms with Crippen molar-refractivity contribution in [3.63, 3.8) is 0 Å². The maximum absolute atomic E-state index is 13.6. The number of ether oxygens (including phenoxy) is 4. The smallest absolute Gasteiger partial charge is 0.250 e. The van der Waals surface area contributed by atoms with E-state index in [2.05, 4.69) is 5.48 Å². The van der Waals surface area contributed by atoms with Crippen molar-refractivity contribution >= 4 is 5.91 Å². The number of carbonyl (C=O) groups is 1. The lowest BCUT2D eigenvalue weighted by atomic mass is 9.70. The van der Waals surface area contributed by atoms with Crippen LogP contribution in [0.3, 0.4) is 0 Å². The molecule has 0 radical (unpaired) electrons. The lowest BCUT2D eigenvalue weighted by Crippen LogP contribution is -2.52. The first-order valence-corrected chi connectivity index (χ1v) is 12.4. The Morgan fingerprint density at radius 2 is 1.67 bits per heavy atom. The van der Waals surface area contributed by atoms with Crippen LogP contribution in [0, 0.1) is 5.92 Å². The molecule has 0 saturated heterocycles. The maximum atomic E-state index is 13.6. The first-order chi connectivity index (χ1) is 18.9. The van der Waals surface area contributed by atoms with Crippen molar-refractivity contribution < 1.29 is 43.9 Å². The molecule has 0 spiro atoms. The molecule has 5 rings (SSSR count). The number of carbonyl (C=O) groups excluding carboxylic acids is 1. The molecule has 1 aliphatic carbocycles. The molecule has 10 heteroatoms. The Kier molecular flexibility index (Phi) is 7.13. The highest BCUT2D eigenvalue weighted by molar-refractivity contribution is 5.82. The summed E-state index contributed by atoms with van der Waals surface area (Å²) < 4.78 is 23.2. The quantitative estimate of drug-likeness (QED) is 0.239. The van der Waals surface area contributed by atoms with Crippen LogP contribution in [0.4, 0.5) is 0 Å². The molecule has 0 aromatic heterocycles. The summed E-state index contributed by atoms with van der Waals surface area (Å²) in [6.45, 7) is -0.462. The van der Waals surface area contributed by atoms with Crippen LogP contribution in [0.15, 0.2) is 66.7 Å². The molecule has 10 nitrogen and oxygen atoms in total. The van der Waals surface area contributed by atoms with Crippen molar-refractivity contribution in [3.8, 4) is 23.0 Å². The molecule has 0 unspecified atom stereocenters. The van der Waals surface area contributed by atoms with E-state index in [0.717, 1.165) is 0 Å². The lowest BCUT2D eigenvalue weighted by molar-refractivity contribution is -0.157. The molecule has 1 aliphatic heterocycles. The summed E-state index contributed by atoms with van der Waals surface area (Å²) in [4.78, 5) is 18.7. The van der Waals surface area contributed by atoms with Crippen molar-refractivity contribution in [1.82, 2.24) is 5.48 Å². The molecule has 5 atom stereocenters. The van der Waals surface area contributed by atoms with Crippen LogP contribution in [-0.2, 0) is 20.8 Å². The number of aliphatic hydroxyl groups is 3. The lowest BCUT2D eigenvalue weighted by Gasteiger charge is -2.40. The molecule has 4 N–H and O–H groups in total. The standard InChI is InChI=1S/C29H31NO9/c1-35-19-11-9-18(10-12-19)29-24(17-7-5-4-6-8-17)23(27(33)30-38-14-13-31)26(32)28(29,34)25-21(37-3)15-20(36-2)16-22(25)39-29/h4-12,15-16,23-24,26,31-32,34H,13-14H2,1-3H3,(H,30,33)/t23-,24-,26-,28+,29+/m1/s1. The van der Waals surface area contributed by atoms with Gasteiger partial charge < -0.3 is 34.3 Å². The molecule has 1 amide bonds. The van der Waals surface area contributed by atoms with Gasteiger partial charge in [-0.05, 0) is 23.3 Å². The molecule has 1 saturated carbocycles. The Balaban J connectivity index is 1.81. The van der Waals surface area contributed by atoms with Gasteiger partial charge in [-0.1, -0.05) is 42.5 Å². The van der Waals surface area contributed by atoms with Crippen LogP contribution in [0.25, 0.3) is 0 Å². The number of aliphatic hydroxyl groups excluding tert-OH is 2. The second kappa shape index (κ2) is 10.4. The molecule has 0 bridgehead atoms. The molecule has 39 heavy (non-hydrogen) atoms. The van der Waals surface area contributed by atoms with E-state index in [-0.39, 0.29) is 30.3 Å². The topological polar surface area (TPSA) is 136 Å². The molecular weight excluding hydrogens is 506 g/mol. The zero-order valence-electron chi connectivity index (χ0n) is 21.8. The number of rotatable bonds is 9. The predicted octanol–water partition coefficient (Wildman–Crippen LogP) is 2.00. The number of benzene rings is 3. The van der Waals surface area contributed by atoms with Crippen LogP contribution in [-0.4, -0.2) is 61.9 Å². The van der Waals surface area contributed by atoms with E-state index in [1.54, 1.807) is 43.5 Å². The first kappa shape index (κ1) is 26.8. The van der Waals surface area contributed by atoms with Crippen molar-refractivity contribution in [1.29, 1.82) is 0 Å². The maximum Gasteiger partial charge on any atom is 0.250 e. The highest BCUT2D eigenvalue weighted by Gasteiger charge is 2.78. The van der Waals surface area contributed by atoms with E-state index in [1.807, 2.05) is 30.3 Å². The summed E-state index contributed by atoms with van der Waals surface area (Å²) >= 11 is 0. The number of hydrogen-bond acceptors (Lipinski definition) is 9. The van der Waals surface area contributed by atoms with Crippen molar-refractivity contribution in [2.75, 3.05) is 34.5 Å². The fraction of sp³-hybridized carbons (Fsp3) is 0.345. The van der Waals surface area contributed by atoms with Gasteiger partial charge in [0.25, 0.3) is 0 Å². The minimum Gasteiger partial charge on any atom is -0.497 e. The average Bonchev–Trinajstić information content (AvgIpc) is 3.35. The van der Waals surface area contributed by atoms with Gasteiger partial charge in [-0.2, -0.15) is 0 Å². The summed E-state index contributed by atoms with van der Waals surface area (Å²) in [5, 5.41) is 33.9. The van der Waals surface area contributed by atoms with Gasteiger partial charge in [0.05, 0.1) is 46.0 Å². The van der Waals surface area contributed by atoms with Gasteiger partial charge >= 0.3 is 0 Å². The third-order valence-corrected chi connectivity index (χ3v) is 7.63. The van der Waals surface area contributed by atoms with Crippen LogP contribution >= 0.6 is 0 Å².